The third-order valence-electron chi connectivity index (χ3n) is 1.93. The van der Waals surface area contributed by atoms with Crippen LogP contribution in [0, 0.1) is 11.8 Å². The Kier molecular flexibility index (Phi) is 5.21. The van der Waals surface area contributed by atoms with Gasteiger partial charge in [-0.05, 0) is 17.9 Å². The van der Waals surface area contributed by atoms with E-state index in [1.165, 1.54) is 0 Å². The standard InChI is InChI=1S/C13H14O2/c14-11-5-10-13(15)9-4-8-12-6-2-1-3-7-12/h1-3,6-7,14H,5,8,10-11H2. The van der Waals surface area contributed by atoms with Crippen molar-refractivity contribution >= 4 is 5.78 Å². The molecule has 0 saturated heterocycles. The highest BCUT2D eigenvalue weighted by Crippen LogP contribution is 1.98. The Hall–Kier alpha value is -1.59. The molecule has 0 aromatic heterocycles. The molecule has 0 heterocycles. The third-order valence-corrected chi connectivity index (χ3v) is 1.93. The van der Waals surface area contributed by atoms with Crippen LogP contribution in [-0.4, -0.2) is 17.5 Å². The maximum absolute atomic E-state index is 11.1. The van der Waals surface area contributed by atoms with Gasteiger partial charge in [-0.15, -0.1) is 0 Å². The normalized spacial score (nSPS) is 9.13. The highest BCUT2D eigenvalue weighted by molar-refractivity contribution is 5.95. The number of hydrogen-bond donors (Lipinski definition) is 1. The molecule has 0 bridgehead atoms. The van der Waals surface area contributed by atoms with Crippen LogP contribution in [0.3, 0.4) is 0 Å². The Bertz CT molecular complexity index is 357. The summed E-state index contributed by atoms with van der Waals surface area (Å²) in [5.74, 6) is 5.30. The van der Waals surface area contributed by atoms with E-state index in [-0.39, 0.29) is 12.4 Å². The van der Waals surface area contributed by atoms with E-state index >= 15 is 0 Å². The average molecular weight is 202 g/mol. The maximum Gasteiger partial charge on any atom is 0.205 e. The van der Waals surface area contributed by atoms with Crippen LogP contribution in [0.5, 0.6) is 0 Å². The fourth-order valence-electron chi connectivity index (χ4n) is 1.14. The summed E-state index contributed by atoms with van der Waals surface area (Å²) in [5, 5.41) is 8.52. The topological polar surface area (TPSA) is 37.3 Å². The molecule has 0 fully saturated rings. The molecule has 0 radical (unpaired) electrons. The van der Waals surface area contributed by atoms with Crippen molar-refractivity contribution in [3.05, 3.63) is 35.9 Å². The van der Waals surface area contributed by atoms with Gasteiger partial charge in [-0.25, -0.2) is 0 Å². The molecule has 1 N–H and O–H groups in total. The number of ketones is 1. The predicted molar refractivity (Wildman–Crippen MR) is 59.2 cm³/mol. The van der Waals surface area contributed by atoms with Crippen molar-refractivity contribution in [2.24, 2.45) is 0 Å². The first kappa shape index (κ1) is 11.5. The minimum Gasteiger partial charge on any atom is -0.396 e. The van der Waals surface area contributed by atoms with E-state index in [0.717, 1.165) is 5.56 Å². The number of carbonyl (C=O) groups is 1. The largest absolute Gasteiger partial charge is 0.396 e. The molecule has 1 rings (SSSR count). The smallest absolute Gasteiger partial charge is 0.205 e. The Morgan fingerprint density at radius 2 is 2.00 bits per heavy atom. The first-order valence-electron chi connectivity index (χ1n) is 4.99. The zero-order valence-electron chi connectivity index (χ0n) is 8.57. The lowest BCUT2D eigenvalue weighted by Gasteiger charge is -1.91. The Labute approximate surface area is 89.9 Å². The number of aliphatic hydroxyl groups excluding tert-OH is 1. The number of carbonyl (C=O) groups excluding carboxylic acids is 1. The van der Waals surface area contributed by atoms with Crippen LogP contribution in [0.1, 0.15) is 18.4 Å². The monoisotopic (exact) mass is 202 g/mol. The fraction of sp³-hybridized carbons (Fsp3) is 0.308. The second-order valence-corrected chi connectivity index (χ2v) is 3.21. The first-order valence-corrected chi connectivity index (χ1v) is 4.99. The van der Waals surface area contributed by atoms with Gasteiger partial charge >= 0.3 is 0 Å². The Morgan fingerprint density at radius 1 is 1.27 bits per heavy atom. The quantitative estimate of drug-likeness (QED) is 0.594. The van der Waals surface area contributed by atoms with Crippen LogP contribution in [0.15, 0.2) is 30.3 Å². The SMILES string of the molecule is O=C(C#CCc1ccccc1)CCCO. The van der Waals surface area contributed by atoms with Crippen LogP contribution in [0.25, 0.3) is 0 Å². The van der Waals surface area contributed by atoms with E-state index in [1.54, 1.807) is 0 Å². The Balaban J connectivity index is 2.37. The number of hydrogen-bond acceptors (Lipinski definition) is 2. The molecule has 0 atom stereocenters. The average Bonchev–Trinajstić information content (AvgIpc) is 2.28. The van der Waals surface area contributed by atoms with Gasteiger partial charge in [0.05, 0.1) is 0 Å². The van der Waals surface area contributed by atoms with Gasteiger partial charge in [0.2, 0.25) is 5.78 Å². The lowest BCUT2D eigenvalue weighted by molar-refractivity contribution is -0.114. The molecule has 0 unspecified atom stereocenters. The van der Waals surface area contributed by atoms with Gasteiger partial charge in [0.15, 0.2) is 0 Å². The molecule has 78 valence electrons. The van der Waals surface area contributed by atoms with Gasteiger partial charge in [0, 0.05) is 19.4 Å². The highest BCUT2D eigenvalue weighted by Gasteiger charge is 1.94. The van der Waals surface area contributed by atoms with Gasteiger partial charge in [-0.2, -0.15) is 0 Å². The van der Waals surface area contributed by atoms with Crippen LogP contribution in [0.4, 0.5) is 0 Å². The van der Waals surface area contributed by atoms with Crippen molar-refractivity contribution in [1.82, 2.24) is 0 Å². The molecule has 0 aliphatic heterocycles. The van der Waals surface area contributed by atoms with Gasteiger partial charge in [0.25, 0.3) is 0 Å². The molecule has 0 amide bonds. The lowest BCUT2D eigenvalue weighted by Crippen LogP contribution is -1.95. The van der Waals surface area contributed by atoms with Crippen molar-refractivity contribution in [2.75, 3.05) is 6.61 Å². The van der Waals surface area contributed by atoms with Crippen molar-refractivity contribution < 1.29 is 9.90 Å². The Morgan fingerprint density at radius 3 is 2.67 bits per heavy atom. The molecule has 1 aromatic carbocycles. The van der Waals surface area contributed by atoms with Crippen molar-refractivity contribution in [2.45, 2.75) is 19.3 Å². The molecule has 2 nitrogen and oxygen atoms in total. The number of aliphatic hydroxyl groups is 1. The van der Waals surface area contributed by atoms with Crippen LogP contribution in [-0.2, 0) is 11.2 Å². The lowest BCUT2D eigenvalue weighted by atomic mass is 10.1. The zero-order chi connectivity index (χ0) is 10.9. The number of rotatable bonds is 4. The highest BCUT2D eigenvalue weighted by atomic mass is 16.3. The molecular formula is C13H14O2. The van der Waals surface area contributed by atoms with Crippen LogP contribution >= 0.6 is 0 Å². The molecule has 0 saturated carbocycles. The van der Waals surface area contributed by atoms with Gasteiger partial charge in [-0.1, -0.05) is 36.3 Å². The fourth-order valence-corrected chi connectivity index (χ4v) is 1.14. The molecule has 0 aliphatic carbocycles. The first-order chi connectivity index (χ1) is 7.33. The van der Waals surface area contributed by atoms with E-state index in [9.17, 15) is 4.79 Å². The van der Waals surface area contributed by atoms with Crippen LogP contribution < -0.4 is 0 Å². The van der Waals surface area contributed by atoms with E-state index in [0.29, 0.717) is 19.3 Å². The third kappa shape index (κ3) is 4.99. The minimum absolute atomic E-state index is 0.0477. The number of benzene rings is 1. The van der Waals surface area contributed by atoms with Crippen LogP contribution in [0.2, 0.25) is 0 Å². The van der Waals surface area contributed by atoms with E-state index in [1.807, 2.05) is 30.3 Å². The molecule has 15 heavy (non-hydrogen) atoms. The van der Waals surface area contributed by atoms with Crippen molar-refractivity contribution in [3.8, 4) is 11.8 Å². The van der Waals surface area contributed by atoms with E-state index in [4.69, 9.17) is 5.11 Å². The van der Waals surface area contributed by atoms with Gasteiger partial charge in [-0.3, -0.25) is 4.79 Å². The summed E-state index contributed by atoms with van der Waals surface area (Å²) in [6.45, 7) is 0.0477. The maximum atomic E-state index is 11.1. The molecule has 0 spiro atoms. The van der Waals surface area contributed by atoms with Gasteiger partial charge < -0.3 is 5.11 Å². The second-order valence-electron chi connectivity index (χ2n) is 3.21. The zero-order valence-corrected chi connectivity index (χ0v) is 8.57. The summed E-state index contributed by atoms with van der Waals surface area (Å²) in [4.78, 5) is 11.1. The van der Waals surface area contributed by atoms with Crippen molar-refractivity contribution in [3.63, 3.8) is 0 Å². The summed E-state index contributed by atoms with van der Waals surface area (Å²) >= 11 is 0. The summed E-state index contributed by atoms with van der Waals surface area (Å²) in [7, 11) is 0. The minimum atomic E-state index is -0.0972. The second kappa shape index (κ2) is 6.80. The predicted octanol–water partition coefficient (Wildman–Crippen LogP) is 1.57. The summed E-state index contributed by atoms with van der Waals surface area (Å²) in [6.07, 6.45) is 1.45. The summed E-state index contributed by atoms with van der Waals surface area (Å²) < 4.78 is 0. The van der Waals surface area contributed by atoms with Gasteiger partial charge in [0.1, 0.15) is 0 Å². The van der Waals surface area contributed by atoms with E-state index < -0.39 is 0 Å². The van der Waals surface area contributed by atoms with E-state index in [2.05, 4.69) is 11.8 Å². The summed E-state index contributed by atoms with van der Waals surface area (Å²) in [6, 6.07) is 9.80. The summed E-state index contributed by atoms with van der Waals surface area (Å²) in [5.41, 5.74) is 1.11. The molecular weight excluding hydrogens is 188 g/mol. The van der Waals surface area contributed by atoms with Crippen molar-refractivity contribution in [1.29, 1.82) is 0 Å². The molecule has 0 aliphatic rings. The molecule has 2 heteroatoms. The number of Topliss-reactive ketones (excluding diaryl/α,β-unsaturated/α-hetero) is 1. The molecule has 1 aromatic rings.